The van der Waals surface area contributed by atoms with E-state index in [9.17, 15) is 9.90 Å². The van der Waals surface area contributed by atoms with Crippen LogP contribution in [0.3, 0.4) is 0 Å². The number of nitrogens with zero attached hydrogens (tertiary/aromatic N) is 3. The number of hydrogen-bond acceptors (Lipinski definition) is 3. The molecule has 1 unspecified atom stereocenters. The summed E-state index contributed by atoms with van der Waals surface area (Å²) in [5.74, 6) is -0.178. The molecular weight excluding hydrogens is 266 g/mol. The predicted octanol–water partition coefficient (Wildman–Crippen LogP) is 1.58. The lowest BCUT2D eigenvalue weighted by molar-refractivity contribution is 0.0468. The normalized spacial score (nSPS) is 19.9. The zero-order valence-electron chi connectivity index (χ0n) is 10.3. The molecule has 1 N–H and O–H groups in total. The molecule has 2 aromatic heterocycles. The number of likely N-dealkylation sites (tertiary alicyclic amines) is 1. The molecule has 2 aromatic rings. The van der Waals surface area contributed by atoms with Crippen molar-refractivity contribution in [3.05, 3.63) is 35.2 Å². The lowest BCUT2D eigenvalue weighted by Gasteiger charge is -2.29. The van der Waals surface area contributed by atoms with E-state index in [1.807, 2.05) is 12.1 Å². The number of fused-ring (bicyclic) bond motifs is 1. The molecule has 3 heterocycles. The van der Waals surface area contributed by atoms with Crippen LogP contribution in [0.15, 0.2) is 24.4 Å². The Kier molecular flexibility index (Phi) is 3.16. The quantitative estimate of drug-likeness (QED) is 0.862. The van der Waals surface area contributed by atoms with Crippen molar-refractivity contribution in [3.63, 3.8) is 0 Å². The smallest absolute Gasteiger partial charge is 0.274 e. The third-order valence-electron chi connectivity index (χ3n) is 3.37. The lowest BCUT2D eigenvalue weighted by atomic mass is 10.1. The van der Waals surface area contributed by atoms with Gasteiger partial charge < -0.3 is 10.0 Å². The SMILES string of the molecule is O=C(c1c(Cl)nc2ccccn12)N1CCCC(O)C1. The number of aliphatic hydroxyl groups is 1. The minimum absolute atomic E-state index is 0.178. The van der Waals surface area contributed by atoms with E-state index in [-0.39, 0.29) is 11.1 Å². The van der Waals surface area contributed by atoms with Crippen molar-refractivity contribution in [1.29, 1.82) is 0 Å². The molecule has 5 nitrogen and oxygen atoms in total. The Balaban J connectivity index is 1.99. The maximum Gasteiger partial charge on any atom is 0.274 e. The van der Waals surface area contributed by atoms with Gasteiger partial charge in [-0.3, -0.25) is 9.20 Å². The minimum Gasteiger partial charge on any atom is -0.391 e. The van der Waals surface area contributed by atoms with E-state index in [2.05, 4.69) is 4.98 Å². The summed E-state index contributed by atoms with van der Waals surface area (Å²) >= 11 is 6.08. The monoisotopic (exact) mass is 279 g/mol. The van der Waals surface area contributed by atoms with E-state index in [0.717, 1.165) is 12.8 Å². The molecule has 0 radical (unpaired) electrons. The summed E-state index contributed by atoms with van der Waals surface area (Å²) in [5, 5.41) is 9.86. The summed E-state index contributed by atoms with van der Waals surface area (Å²) in [4.78, 5) is 18.3. The Hall–Kier alpha value is -1.59. The van der Waals surface area contributed by atoms with Gasteiger partial charge in [0.1, 0.15) is 5.65 Å². The summed E-state index contributed by atoms with van der Waals surface area (Å²) in [6.07, 6.45) is 2.86. The molecule has 1 atom stereocenters. The van der Waals surface area contributed by atoms with Crippen LogP contribution in [0.5, 0.6) is 0 Å². The standard InChI is InChI=1S/C13H14ClN3O2/c14-12-11(17-7-2-1-5-10(17)15-12)13(19)16-6-3-4-9(18)8-16/h1-2,5,7,9,18H,3-4,6,8H2. The first-order valence-corrected chi connectivity index (χ1v) is 6.64. The molecule has 3 rings (SSSR count). The third kappa shape index (κ3) is 2.19. The van der Waals surface area contributed by atoms with Gasteiger partial charge in [0, 0.05) is 19.3 Å². The van der Waals surface area contributed by atoms with Crippen LogP contribution < -0.4 is 0 Å². The maximum atomic E-state index is 12.5. The molecule has 1 aliphatic heterocycles. The zero-order chi connectivity index (χ0) is 13.4. The van der Waals surface area contributed by atoms with Crippen LogP contribution >= 0.6 is 11.6 Å². The minimum atomic E-state index is -0.448. The van der Waals surface area contributed by atoms with Gasteiger partial charge in [0.25, 0.3) is 5.91 Å². The molecule has 100 valence electrons. The molecule has 1 amide bonds. The summed E-state index contributed by atoms with van der Waals surface area (Å²) in [7, 11) is 0. The first-order chi connectivity index (χ1) is 9.16. The Labute approximate surface area is 115 Å². The van der Waals surface area contributed by atoms with E-state index in [4.69, 9.17) is 11.6 Å². The Morgan fingerprint density at radius 1 is 1.47 bits per heavy atom. The van der Waals surface area contributed by atoms with E-state index >= 15 is 0 Å². The highest BCUT2D eigenvalue weighted by Gasteiger charge is 2.27. The topological polar surface area (TPSA) is 57.8 Å². The highest BCUT2D eigenvalue weighted by molar-refractivity contribution is 6.32. The number of carbonyl (C=O) groups excluding carboxylic acids is 1. The van der Waals surface area contributed by atoms with Crippen LogP contribution in [0, 0.1) is 0 Å². The van der Waals surface area contributed by atoms with Gasteiger partial charge in [-0.05, 0) is 25.0 Å². The maximum absolute atomic E-state index is 12.5. The summed E-state index contributed by atoms with van der Waals surface area (Å²) in [5.41, 5.74) is 1.01. The fraction of sp³-hybridized carbons (Fsp3) is 0.385. The van der Waals surface area contributed by atoms with Gasteiger partial charge in [0.05, 0.1) is 6.10 Å². The average Bonchev–Trinajstić information content (AvgIpc) is 2.74. The van der Waals surface area contributed by atoms with Gasteiger partial charge in [-0.2, -0.15) is 0 Å². The van der Waals surface area contributed by atoms with Crippen LogP contribution in [0.2, 0.25) is 5.15 Å². The number of aliphatic hydroxyl groups excluding tert-OH is 1. The van der Waals surface area contributed by atoms with Crippen molar-refractivity contribution in [1.82, 2.24) is 14.3 Å². The molecule has 19 heavy (non-hydrogen) atoms. The van der Waals surface area contributed by atoms with Crippen LogP contribution in [0.4, 0.5) is 0 Å². The fourth-order valence-electron chi connectivity index (χ4n) is 2.45. The zero-order valence-corrected chi connectivity index (χ0v) is 11.0. The van der Waals surface area contributed by atoms with Gasteiger partial charge >= 0.3 is 0 Å². The lowest BCUT2D eigenvalue weighted by Crippen LogP contribution is -2.42. The van der Waals surface area contributed by atoms with Crippen LogP contribution in [-0.4, -0.2) is 44.5 Å². The summed E-state index contributed by atoms with van der Waals surface area (Å²) in [6, 6.07) is 5.47. The second-order valence-corrected chi connectivity index (χ2v) is 5.09. The molecule has 0 spiro atoms. The molecule has 6 heteroatoms. The number of aromatic nitrogens is 2. The Bertz CT molecular complexity index is 625. The number of imidazole rings is 1. The largest absolute Gasteiger partial charge is 0.391 e. The summed E-state index contributed by atoms with van der Waals surface area (Å²) < 4.78 is 1.69. The number of rotatable bonds is 1. The molecule has 1 saturated heterocycles. The number of amides is 1. The van der Waals surface area contributed by atoms with Gasteiger partial charge in [-0.15, -0.1) is 0 Å². The van der Waals surface area contributed by atoms with Gasteiger partial charge in [-0.25, -0.2) is 4.98 Å². The van der Waals surface area contributed by atoms with Crippen molar-refractivity contribution < 1.29 is 9.90 Å². The van der Waals surface area contributed by atoms with E-state index in [0.29, 0.717) is 24.4 Å². The number of β-amino-alcohol motifs (C(OH)–C–C–N with tert-alkyl or cyclic N) is 1. The van der Waals surface area contributed by atoms with Gasteiger partial charge in [-0.1, -0.05) is 17.7 Å². The number of hydrogen-bond donors (Lipinski definition) is 1. The Morgan fingerprint density at radius 2 is 2.32 bits per heavy atom. The van der Waals surface area contributed by atoms with Crippen LogP contribution in [-0.2, 0) is 0 Å². The number of piperidine rings is 1. The predicted molar refractivity (Wildman–Crippen MR) is 71.3 cm³/mol. The van der Waals surface area contributed by atoms with Crippen molar-refractivity contribution in [2.24, 2.45) is 0 Å². The van der Waals surface area contributed by atoms with Crippen molar-refractivity contribution in [2.75, 3.05) is 13.1 Å². The Morgan fingerprint density at radius 3 is 3.11 bits per heavy atom. The van der Waals surface area contributed by atoms with Crippen molar-refractivity contribution >= 4 is 23.2 Å². The van der Waals surface area contributed by atoms with Gasteiger partial charge in [0.15, 0.2) is 10.8 Å². The van der Waals surface area contributed by atoms with E-state index in [1.54, 1.807) is 21.6 Å². The van der Waals surface area contributed by atoms with Crippen LogP contribution in [0.25, 0.3) is 5.65 Å². The van der Waals surface area contributed by atoms with E-state index in [1.165, 1.54) is 0 Å². The fourth-order valence-corrected chi connectivity index (χ4v) is 2.71. The molecule has 1 aliphatic rings. The molecular formula is C13H14ClN3O2. The van der Waals surface area contributed by atoms with Gasteiger partial charge in [0.2, 0.25) is 0 Å². The molecule has 1 fully saturated rings. The molecule has 0 aliphatic carbocycles. The average molecular weight is 280 g/mol. The highest BCUT2D eigenvalue weighted by Crippen LogP contribution is 2.21. The first-order valence-electron chi connectivity index (χ1n) is 6.27. The van der Waals surface area contributed by atoms with Crippen molar-refractivity contribution in [3.8, 4) is 0 Å². The first kappa shape index (κ1) is 12.4. The molecule has 0 bridgehead atoms. The summed E-state index contributed by atoms with van der Waals surface area (Å²) in [6.45, 7) is 1.00. The third-order valence-corrected chi connectivity index (χ3v) is 3.64. The molecule has 0 saturated carbocycles. The highest BCUT2D eigenvalue weighted by atomic mass is 35.5. The van der Waals surface area contributed by atoms with Crippen LogP contribution in [0.1, 0.15) is 23.3 Å². The van der Waals surface area contributed by atoms with Crippen molar-refractivity contribution in [2.45, 2.75) is 18.9 Å². The number of pyridine rings is 1. The number of carbonyl (C=O) groups is 1. The second-order valence-electron chi connectivity index (χ2n) is 4.73. The molecule has 0 aromatic carbocycles. The second kappa shape index (κ2) is 4.83. The number of halogens is 1. The van der Waals surface area contributed by atoms with E-state index < -0.39 is 6.10 Å².